The first-order valence-electron chi connectivity index (χ1n) is 6.32. The maximum atomic E-state index is 11.2. The summed E-state index contributed by atoms with van der Waals surface area (Å²) in [6.07, 6.45) is 0. The first kappa shape index (κ1) is 13.9. The minimum Gasteiger partial charge on any atom is -0.478 e. The van der Waals surface area contributed by atoms with E-state index in [9.17, 15) is 9.90 Å². The Balaban J connectivity index is 2.23. The monoisotopic (exact) mass is 268 g/mol. The number of carboxylic acid groups (broad SMARTS) is 1. The van der Waals surface area contributed by atoms with Gasteiger partial charge in [0.1, 0.15) is 11.5 Å². The van der Waals surface area contributed by atoms with Gasteiger partial charge in [0.15, 0.2) is 0 Å². The molecule has 0 aromatic heterocycles. The predicted molar refractivity (Wildman–Crippen MR) is 78.9 cm³/mol. The highest BCUT2D eigenvalue weighted by Crippen LogP contribution is 2.25. The van der Waals surface area contributed by atoms with Crippen LogP contribution in [0.15, 0.2) is 60.2 Å². The van der Waals surface area contributed by atoms with Gasteiger partial charge in [0.25, 0.3) is 0 Å². The highest BCUT2D eigenvalue weighted by molar-refractivity contribution is 6.16. The summed E-state index contributed by atoms with van der Waals surface area (Å²) in [6.45, 7) is 3.58. The summed E-state index contributed by atoms with van der Waals surface area (Å²) < 4.78 is 5.67. The zero-order valence-corrected chi connectivity index (χ0v) is 11.5. The van der Waals surface area contributed by atoms with Crippen LogP contribution in [0, 0.1) is 0 Å². The fourth-order valence-corrected chi connectivity index (χ4v) is 1.94. The second-order valence-corrected chi connectivity index (χ2v) is 4.62. The average molecular weight is 268 g/mol. The highest BCUT2D eigenvalue weighted by Gasteiger charge is 2.12. The Bertz CT molecular complexity index is 621. The molecule has 3 heteroatoms. The molecule has 3 nitrogen and oxygen atoms in total. The summed E-state index contributed by atoms with van der Waals surface area (Å²) in [4.78, 5) is 11.2. The summed E-state index contributed by atoms with van der Waals surface area (Å²) in [7, 11) is 0. The van der Waals surface area contributed by atoms with E-state index in [2.05, 4.69) is 0 Å². The lowest BCUT2D eigenvalue weighted by molar-refractivity contribution is -0.130. The van der Waals surface area contributed by atoms with E-state index >= 15 is 0 Å². The molecule has 2 aromatic rings. The second kappa shape index (κ2) is 6.06. The molecule has 20 heavy (non-hydrogen) atoms. The molecule has 0 aliphatic heterocycles. The van der Waals surface area contributed by atoms with Gasteiger partial charge in [-0.25, -0.2) is 4.79 Å². The molecule has 2 aromatic carbocycles. The van der Waals surface area contributed by atoms with Gasteiger partial charge in [-0.15, -0.1) is 0 Å². The van der Waals surface area contributed by atoms with Gasteiger partial charge in [-0.1, -0.05) is 35.9 Å². The van der Waals surface area contributed by atoms with Gasteiger partial charge >= 0.3 is 5.97 Å². The van der Waals surface area contributed by atoms with Gasteiger partial charge in [-0.05, 0) is 43.7 Å². The van der Waals surface area contributed by atoms with E-state index in [4.69, 9.17) is 4.74 Å². The van der Waals surface area contributed by atoms with Crippen LogP contribution in [0.2, 0.25) is 0 Å². The predicted octanol–water partition coefficient (Wildman–Crippen LogP) is 4.36. The number of carboxylic acids is 1. The van der Waals surface area contributed by atoms with Crippen LogP contribution in [-0.2, 0) is 4.79 Å². The molecule has 0 aliphatic carbocycles. The third-order valence-corrected chi connectivity index (χ3v) is 2.84. The Morgan fingerprint density at radius 1 is 0.900 bits per heavy atom. The SMILES string of the molecule is CC(C)=C(C(=O)O)c1ccc(Oc2ccccc2)cc1. The lowest BCUT2D eigenvalue weighted by Crippen LogP contribution is -2.01. The maximum Gasteiger partial charge on any atom is 0.336 e. The van der Waals surface area contributed by atoms with Crippen LogP contribution in [0.25, 0.3) is 5.57 Å². The van der Waals surface area contributed by atoms with Gasteiger partial charge < -0.3 is 9.84 Å². The fraction of sp³-hybridized carbons (Fsp3) is 0.118. The van der Waals surface area contributed by atoms with Crippen molar-refractivity contribution in [1.82, 2.24) is 0 Å². The Morgan fingerprint density at radius 2 is 1.45 bits per heavy atom. The minimum atomic E-state index is -0.915. The molecule has 0 bridgehead atoms. The van der Waals surface area contributed by atoms with Gasteiger partial charge in [-0.2, -0.15) is 0 Å². The largest absolute Gasteiger partial charge is 0.478 e. The Labute approximate surface area is 118 Å². The standard InChI is InChI=1S/C17H16O3/c1-12(2)16(17(18)19)13-8-10-15(11-9-13)20-14-6-4-3-5-7-14/h3-11H,1-2H3,(H,18,19). The van der Waals surface area contributed by atoms with Gasteiger partial charge in [0.05, 0.1) is 5.57 Å². The lowest BCUT2D eigenvalue weighted by atomic mass is 10.0. The van der Waals surface area contributed by atoms with Crippen molar-refractivity contribution in [3.05, 3.63) is 65.7 Å². The minimum absolute atomic E-state index is 0.330. The summed E-state index contributed by atoms with van der Waals surface area (Å²) in [5, 5.41) is 9.21. The van der Waals surface area contributed by atoms with Crippen LogP contribution in [0.5, 0.6) is 11.5 Å². The molecular weight excluding hydrogens is 252 g/mol. The molecule has 2 rings (SSSR count). The topological polar surface area (TPSA) is 46.5 Å². The molecule has 0 saturated heterocycles. The summed E-state index contributed by atoms with van der Waals surface area (Å²) in [5.41, 5.74) is 1.78. The molecule has 0 fully saturated rings. The number of aliphatic carboxylic acids is 1. The second-order valence-electron chi connectivity index (χ2n) is 4.62. The van der Waals surface area contributed by atoms with Crippen LogP contribution < -0.4 is 4.74 Å². The molecule has 0 aliphatic rings. The number of carbonyl (C=O) groups is 1. The number of hydrogen-bond acceptors (Lipinski definition) is 2. The summed E-state index contributed by atoms with van der Waals surface area (Å²) in [5.74, 6) is 0.515. The normalized spacial score (nSPS) is 9.90. The van der Waals surface area contributed by atoms with E-state index in [1.807, 2.05) is 30.3 Å². The van der Waals surface area contributed by atoms with Crippen molar-refractivity contribution in [3.63, 3.8) is 0 Å². The third-order valence-electron chi connectivity index (χ3n) is 2.84. The molecule has 0 radical (unpaired) electrons. The molecule has 0 saturated carbocycles. The zero-order chi connectivity index (χ0) is 14.5. The number of benzene rings is 2. The molecule has 0 heterocycles. The van der Waals surface area contributed by atoms with E-state index < -0.39 is 5.97 Å². The molecule has 0 atom stereocenters. The van der Waals surface area contributed by atoms with E-state index in [1.165, 1.54) is 0 Å². The van der Waals surface area contributed by atoms with Gasteiger partial charge in [-0.3, -0.25) is 0 Å². The van der Waals surface area contributed by atoms with Crippen molar-refractivity contribution in [3.8, 4) is 11.5 Å². The van der Waals surface area contributed by atoms with Crippen LogP contribution in [-0.4, -0.2) is 11.1 Å². The third kappa shape index (κ3) is 3.26. The van der Waals surface area contributed by atoms with E-state index in [0.29, 0.717) is 16.9 Å². The van der Waals surface area contributed by atoms with Crippen molar-refractivity contribution in [2.45, 2.75) is 13.8 Å². The Morgan fingerprint density at radius 3 is 1.95 bits per heavy atom. The van der Waals surface area contributed by atoms with Crippen molar-refractivity contribution in [1.29, 1.82) is 0 Å². The first-order valence-corrected chi connectivity index (χ1v) is 6.32. The van der Waals surface area contributed by atoms with E-state index in [1.54, 1.807) is 38.1 Å². The Kier molecular flexibility index (Phi) is 4.20. The number of rotatable bonds is 4. The summed E-state index contributed by atoms with van der Waals surface area (Å²) >= 11 is 0. The van der Waals surface area contributed by atoms with Crippen molar-refractivity contribution in [2.24, 2.45) is 0 Å². The number of hydrogen-bond donors (Lipinski definition) is 1. The lowest BCUT2D eigenvalue weighted by Gasteiger charge is -2.08. The van der Waals surface area contributed by atoms with Crippen LogP contribution in [0.3, 0.4) is 0 Å². The molecule has 0 unspecified atom stereocenters. The molecule has 1 N–H and O–H groups in total. The van der Waals surface area contributed by atoms with Crippen molar-refractivity contribution < 1.29 is 14.6 Å². The van der Waals surface area contributed by atoms with Crippen molar-refractivity contribution in [2.75, 3.05) is 0 Å². The number of ether oxygens (including phenoxy) is 1. The van der Waals surface area contributed by atoms with E-state index in [-0.39, 0.29) is 0 Å². The zero-order valence-electron chi connectivity index (χ0n) is 11.5. The molecule has 102 valence electrons. The van der Waals surface area contributed by atoms with Gasteiger partial charge in [0.2, 0.25) is 0 Å². The molecule has 0 amide bonds. The van der Waals surface area contributed by atoms with Gasteiger partial charge in [0, 0.05) is 0 Å². The maximum absolute atomic E-state index is 11.2. The van der Waals surface area contributed by atoms with Crippen LogP contribution in [0.1, 0.15) is 19.4 Å². The van der Waals surface area contributed by atoms with Crippen molar-refractivity contribution >= 4 is 11.5 Å². The Hall–Kier alpha value is -2.55. The molecular formula is C17H16O3. The summed E-state index contributed by atoms with van der Waals surface area (Å²) in [6, 6.07) is 16.5. The number of para-hydroxylation sites is 1. The fourth-order valence-electron chi connectivity index (χ4n) is 1.94. The number of allylic oxidation sites excluding steroid dienone is 1. The quantitative estimate of drug-likeness (QED) is 0.838. The molecule has 0 spiro atoms. The van der Waals surface area contributed by atoms with E-state index in [0.717, 1.165) is 11.3 Å². The smallest absolute Gasteiger partial charge is 0.336 e. The first-order chi connectivity index (χ1) is 9.58. The van der Waals surface area contributed by atoms with Crippen LogP contribution >= 0.6 is 0 Å². The average Bonchev–Trinajstić information content (AvgIpc) is 2.41. The highest BCUT2D eigenvalue weighted by atomic mass is 16.5. The van der Waals surface area contributed by atoms with Crippen LogP contribution in [0.4, 0.5) is 0 Å².